The number of nitrogens with zero attached hydrogens (tertiary/aromatic N) is 2. The van der Waals surface area contributed by atoms with E-state index in [1.807, 2.05) is 42.5 Å². The molecule has 0 fully saturated rings. The molecule has 4 heteroatoms. The molecule has 8 aromatic carbocycles. The zero-order valence-corrected chi connectivity index (χ0v) is 26.4. The van der Waals surface area contributed by atoms with Crippen molar-refractivity contribution in [3.63, 3.8) is 0 Å². The fourth-order valence-electron chi connectivity index (χ4n) is 7.04. The Morgan fingerprint density at radius 1 is 0.367 bits per heavy atom. The van der Waals surface area contributed by atoms with Gasteiger partial charge in [0.15, 0.2) is 5.58 Å². The van der Waals surface area contributed by atoms with Crippen LogP contribution in [0.1, 0.15) is 0 Å². The molecular weight excluding hydrogens is 601 g/mol. The van der Waals surface area contributed by atoms with Crippen molar-refractivity contribution in [1.29, 1.82) is 0 Å². The monoisotopic (exact) mass is 628 g/mol. The van der Waals surface area contributed by atoms with Gasteiger partial charge in [-0.2, -0.15) is 0 Å². The molecule has 0 saturated carbocycles. The van der Waals surface area contributed by atoms with Gasteiger partial charge in [-0.1, -0.05) is 103 Å². The Morgan fingerprint density at radius 3 is 1.76 bits per heavy atom. The Labute approximate surface area is 282 Å². The molecule has 0 spiro atoms. The summed E-state index contributed by atoms with van der Waals surface area (Å²) in [4.78, 5) is 7.10. The van der Waals surface area contributed by atoms with Gasteiger partial charge in [-0.05, 0) is 93.3 Å². The van der Waals surface area contributed by atoms with Crippen LogP contribution in [0.2, 0.25) is 0 Å². The van der Waals surface area contributed by atoms with Gasteiger partial charge in [-0.15, -0.1) is 0 Å². The van der Waals surface area contributed by atoms with Crippen molar-refractivity contribution in [1.82, 2.24) is 4.98 Å². The predicted octanol–water partition coefficient (Wildman–Crippen LogP) is 12.8. The van der Waals surface area contributed by atoms with Crippen LogP contribution in [0.25, 0.3) is 77.2 Å². The lowest BCUT2D eigenvalue weighted by Gasteiger charge is -2.26. The van der Waals surface area contributed by atoms with Gasteiger partial charge in [-0.25, -0.2) is 4.98 Å². The first-order chi connectivity index (χ1) is 24.2. The number of benzene rings is 8. The molecule has 0 amide bonds. The summed E-state index contributed by atoms with van der Waals surface area (Å²) < 4.78 is 12.6. The van der Waals surface area contributed by atoms with Crippen LogP contribution < -0.4 is 4.90 Å². The number of anilines is 3. The van der Waals surface area contributed by atoms with Crippen LogP contribution in [-0.2, 0) is 0 Å². The molecule has 0 atom stereocenters. The van der Waals surface area contributed by atoms with Crippen molar-refractivity contribution in [2.24, 2.45) is 0 Å². The van der Waals surface area contributed by atoms with Gasteiger partial charge in [0.1, 0.15) is 16.7 Å². The van der Waals surface area contributed by atoms with Gasteiger partial charge in [0.05, 0.1) is 0 Å². The van der Waals surface area contributed by atoms with E-state index in [0.717, 1.165) is 55.7 Å². The molecular formula is C45H28N2O2. The molecule has 2 heterocycles. The minimum absolute atomic E-state index is 0.599. The van der Waals surface area contributed by atoms with Crippen molar-refractivity contribution < 1.29 is 8.83 Å². The summed E-state index contributed by atoms with van der Waals surface area (Å²) in [5.41, 5.74) is 9.59. The average Bonchev–Trinajstić information content (AvgIpc) is 3.75. The van der Waals surface area contributed by atoms with Crippen LogP contribution in [-0.4, -0.2) is 4.98 Å². The van der Waals surface area contributed by atoms with Crippen LogP contribution in [0.3, 0.4) is 0 Å². The largest absolute Gasteiger partial charge is 0.456 e. The van der Waals surface area contributed by atoms with Crippen molar-refractivity contribution in [3.8, 4) is 22.6 Å². The average molecular weight is 629 g/mol. The standard InChI is InChI=1S/C45H28N2O2/c1-3-9-29(10-4-1)30-17-20-34(21-18-30)47(35-22-19-32-16-15-31-11-7-8-14-37(31)38(32)25-35)36-23-24-42-39(26-36)40-27-44-41(28-43(40)48-42)46-45(49-44)33-12-5-2-6-13-33/h1-28H. The van der Waals surface area contributed by atoms with E-state index in [-0.39, 0.29) is 0 Å². The zero-order valence-electron chi connectivity index (χ0n) is 26.4. The van der Waals surface area contributed by atoms with Gasteiger partial charge in [0, 0.05) is 39.5 Å². The van der Waals surface area contributed by atoms with E-state index in [2.05, 4.69) is 132 Å². The smallest absolute Gasteiger partial charge is 0.227 e. The molecule has 230 valence electrons. The van der Waals surface area contributed by atoms with Crippen LogP contribution in [0, 0.1) is 0 Å². The van der Waals surface area contributed by atoms with Crippen molar-refractivity contribution in [3.05, 3.63) is 170 Å². The van der Waals surface area contributed by atoms with Crippen molar-refractivity contribution >= 4 is 71.6 Å². The van der Waals surface area contributed by atoms with E-state index in [1.54, 1.807) is 0 Å². The number of aromatic nitrogens is 1. The normalized spacial score (nSPS) is 11.7. The molecule has 0 unspecified atom stereocenters. The Morgan fingerprint density at radius 2 is 0.959 bits per heavy atom. The SMILES string of the molecule is c1ccc(-c2ccc(N(c3ccc4ccc5ccccc5c4c3)c3ccc4oc5cc6nc(-c7ccccc7)oc6cc5c4c3)cc2)cc1. The van der Waals surface area contributed by atoms with Gasteiger partial charge in [0.2, 0.25) is 5.89 Å². The second-order valence-corrected chi connectivity index (χ2v) is 12.4. The molecule has 10 aromatic rings. The van der Waals surface area contributed by atoms with Crippen molar-refractivity contribution in [2.45, 2.75) is 0 Å². The van der Waals surface area contributed by atoms with E-state index >= 15 is 0 Å². The molecule has 0 aliphatic carbocycles. The second-order valence-electron chi connectivity index (χ2n) is 12.4. The number of rotatable bonds is 5. The first-order valence-electron chi connectivity index (χ1n) is 16.4. The highest BCUT2D eigenvalue weighted by molar-refractivity contribution is 6.11. The molecule has 0 aliphatic rings. The maximum atomic E-state index is 6.39. The van der Waals surface area contributed by atoms with Crippen LogP contribution >= 0.6 is 0 Å². The van der Waals surface area contributed by atoms with Gasteiger partial charge >= 0.3 is 0 Å². The number of hydrogen-bond acceptors (Lipinski definition) is 4. The minimum Gasteiger partial charge on any atom is -0.456 e. The van der Waals surface area contributed by atoms with Gasteiger partial charge in [0.25, 0.3) is 0 Å². The van der Waals surface area contributed by atoms with Crippen LogP contribution in [0.4, 0.5) is 17.1 Å². The summed E-state index contributed by atoms with van der Waals surface area (Å²) in [6.45, 7) is 0. The summed E-state index contributed by atoms with van der Waals surface area (Å²) in [5.74, 6) is 0.599. The predicted molar refractivity (Wildman–Crippen MR) is 202 cm³/mol. The summed E-state index contributed by atoms with van der Waals surface area (Å²) in [5, 5.41) is 6.91. The summed E-state index contributed by atoms with van der Waals surface area (Å²) in [6, 6.07) is 59.5. The number of fused-ring (bicyclic) bond motifs is 7. The van der Waals surface area contributed by atoms with E-state index in [1.165, 1.54) is 32.7 Å². The van der Waals surface area contributed by atoms with E-state index < -0.39 is 0 Å². The number of hydrogen-bond donors (Lipinski definition) is 0. The lowest BCUT2D eigenvalue weighted by atomic mass is 10.0. The molecule has 0 bridgehead atoms. The quantitative estimate of drug-likeness (QED) is 0.178. The first kappa shape index (κ1) is 27.5. The zero-order chi connectivity index (χ0) is 32.3. The highest BCUT2D eigenvalue weighted by Crippen LogP contribution is 2.42. The van der Waals surface area contributed by atoms with Crippen molar-refractivity contribution in [2.75, 3.05) is 4.90 Å². The molecule has 0 saturated heterocycles. The second kappa shape index (κ2) is 11.0. The minimum atomic E-state index is 0.599. The van der Waals surface area contributed by atoms with Crippen LogP contribution in [0.5, 0.6) is 0 Å². The Balaban J connectivity index is 1.15. The molecule has 10 rings (SSSR count). The number of furan rings is 1. The molecule has 0 aliphatic heterocycles. The highest BCUT2D eigenvalue weighted by atomic mass is 16.4. The Hall–Kier alpha value is -6.65. The molecule has 2 aromatic heterocycles. The third-order valence-corrected chi connectivity index (χ3v) is 9.46. The first-order valence-corrected chi connectivity index (χ1v) is 16.4. The van der Waals surface area contributed by atoms with E-state index in [0.29, 0.717) is 5.89 Å². The highest BCUT2D eigenvalue weighted by Gasteiger charge is 2.18. The third-order valence-electron chi connectivity index (χ3n) is 9.46. The molecule has 0 N–H and O–H groups in total. The fourth-order valence-corrected chi connectivity index (χ4v) is 7.04. The molecule has 0 radical (unpaired) electrons. The van der Waals surface area contributed by atoms with E-state index in [9.17, 15) is 0 Å². The topological polar surface area (TPSA) is 42.4 Å². The maximum Gasteiger partial charge on any atom is 0.227 e. The maximum absolute atomic E-state index is 6.39. The lowest BCUT2D eigenvalue weighted by Crippen LogP contribution is -2.09. The Kier molecular flexibility index (Phi) is 6.15. The Bertz CT molecular complexity index is 2820. The van der Waals surface area contributed by atoms with Crippen LogP contribution in [0.15, 0.2) is 179 Å². The summed E-state index contributed by atoms with van der Waals surface area (Å²) >= 11 is 0. The third kappa shape index (κ3) is 4.65. The summed E-state index contributed by atoms with van der Waals surface area (Å²) in [6.07, 6.45) is 0. The van der Waals surface area contributed by atoms with Gasteiger partial charge < -0.3 is 13.7 Å². The lowest BCUT2D eigenvalue weighted by molar-refractivity contribution is 0.620. The molecule has 4 nitrogen and oxygen atoms in total. The van der Waals surface area contributed by atoms with E-state index in [4.69, 9.17) is 13.8 Å². The van der Waals surface area contributed by atoms with Gasteiger partial charge in [-0.3, -0.25) is 0 Å². The number of oxazole rings is 1. The summed E-state index contributed by atoms with van der Waals surface area (Å²) in [7, 11) is 0. The fraction of sp³-hybridized carbons (Fsp3) is 0. The molecule has 49 heavy (non-hydrogen) atoms.